The van der Waals surface area contributed by atoms with Gasteiger partial charge in [-0.1, -0.05) is 30.3 Å². The molecule has 0 aromatic heterocycles. The Morgan fingerprint density at radius 2 is 1.92 bits per heavy atom. The van der Waals surface area contributed by atoms with E-state index in [2.05, 4.69) is 4.99 Å². The van der Waals surface area contributed by atoms with Crippen molar-refractivity contribution >= 4 is 12.2 Å². The SMILES string of the molecule is NC(N)=NC(C=O)c1ccccc1. The molecule has 4 nitrogen and oxygen atoms in total. The molecule has 0 bridgehead atoms. The zero-order chi connectivity index (χ0) is 9.68. The van der Waals surface area contributed by atoms with Gasteiger partial charge in [-0.15, -0.1) is 0 Å². The molecule has 0 aliphatic carbocycles. The maximum absolute atomic E-state index is 10.6. The number of carbonyl (C=O) groups is 1. The van der Waals surface area contributed by atoms with Crippen LogP contribution in [0.2, 0.25) is 0 Å². The van der Waals surface area contributed by atoms with Crippen molar-refractivity contribution in [3.05, 3.63) is 35.9 Å². The van der Waals surface area contributed by atoms with Crippen molar-refractivity contribution in [1.82, 2.24) is 0 Å². The first-order valence-electron chi connectivity index (χ1n) is 3.83. The number of guanidine groups is 1. The second kappa shape index (κ2) is 4.25. The Morgan fingerprint density at radius 1 is 1.31 bits per heavy atom. The Balaban J connectivity index is 2.92. The lowest BCUT2D eigenvalue weighted by Crippen LogP contribution is -2.24. The van der Waals surface area contributed by atoms with Crippen LogP contribution >= 0.6 is 0 Å². The van der Waals surface area contributed by atoms with Gasteiger partial charge in [-0.3, -0.25) is 0 Å². The second-order valence-electron chi connectivity index (χ2n) is 2.55. The van der Waals surface area contributed by atoms with Gasteiger partial charge in [-0.2, -0.15) is 0 Å². The maximum Gasteiger partial charge on any atom is 0.186 e. The zero-order valence-corrected chi connectivity index (χ0v) is 7.05. The molecular weight excluding hydrogens is 166 g/mol. The molecule has 0 heterocycles. The van der Waals surface area contributed by atoms with E-state index in [0.717, 1.165) is 5.56 Å². The van der Waals surface area contributed by atoms with Crippen molar-refractivity contribution in [1.29, 1.82) is 0 Å². The van der Waals surface area contributed by atoms with Gasteiger partial charge in [0, 0.05) is 0 Å². The van der Waals surface area contributed by atoms with E-state index in [0.29, 0.717) is 6.29 Å². The van der Waals surface area contributed by atoms with Crippen molar-refractivity contribution in [3.63, 3.8) is 0 Å². The number of nitrogens with zero attached hydrogens (tertiary/aromatic N) is 1. The Hall–Kier alpha value is -1.84. The third-order valence-corrected chi connectivity index (χ3v) is 1.56. The minimum atomic E-state index is -0.591. The smallest absolute Gasteiger partial charge is 0.186 e. The normalized spacial score (nSPS) is 11.7. The molecule has 0 spiro atoms. The number of hydrogen-bond donors (Lipinski definition) is 2. The number of hydrogen-bond acceptors (Lipinski definition) is 2. The van der Waals surface area contributed by atoms with Crippen molar-refractivity contribution in [2.24, 2.45) is 16.5 Å². The van der Waals surface area contributed by atoms with E-state index in [1.54, 1.807) is 12.1 Å². The molecule has 4 N–H and O–H groups in total. The average molecular weight is 177 g/mol. The minimum absolute atomic E-state index is 0.0825. The third kappa shape index (κ3) is 2.59. The molecule has 68 valence electrons. The van der Waals surface area contributed by atoms with Crippen LogP contribution in [0.5, 0.6) is 0 Å². The summed E-state index contributed by atoms with van der Waals surface area (Å²) in [6.07, 6.45) is 0.703. The van der Waals surface area contributed by atoms with E-state index in [4.69, 9.17) is 11.5 Å². The average Bonchev–Trinajstić information content (AvgIpc) is 2.15. The first-order chi connectivity index (χ1) is 6.24. The molecule has 0 radical (unpaired) electrons. The zero-order valence-electron chi connectivity index (χ0n) is 7.05. The fraction of sp³-hybridized carbons (Fsp3) is 0.111. The van der Waals surface area contributed by atoms with Gasteiger partial charge in [0.25, 0.3) is 0 Å². The van der Waals surface area contributed by atoms with E-state index >= 15 is 0 Å². The van der Waals surface area contributed by atoms with Crippen LogP contribution in [0.4, 0.5) is 0 Å². The molecule has 1 rings (SSSR count). The van der Waals surface area contributed by atoms with Crippen LogP contribution in [0.3, 0.4) is 0 Å². The summed E-state index contributed by atoms with van der Waals surface area (Å²) in [5.74, 6) is -0.0825. The van der Waals surface area contributed by atoms with Crippen LogP contribution in [0.1, 0.15) is 11.6 Å². The van der Waals surface area contributed by atoms with Crippen molar-refractivity contribution < 1.29 is 4.79 Å². The quantitative estimate of drug-likeness (QED) is 0.393. The van der Waals surface area contributed by atoms with E-state index in [9.17, 15) is 4.79 Å². The molecule has 4 heteroatoms. The number of aliphatic imine (C=N–C) groups is 1. The van der Waals surface area contributed by atoms with Crippen LogP contribution < -0.4 is 11.5 Å². The number of benzene rings is 1. The summed E-state index contributed by atoms with van der Waals surface area (Å²) in [6, 6.07) is 8.52. The van der Waals surface area contributed by atoms with Crippen molar-refractivity contribution in [3.8, 4) is 0 Å². The van der Waals surface area contributed by atoms with Crippen molar-refractivity contribution in [2.75, 3.05) is 0 Å². The van der Waals surface area contributed by atoms with Crippen LogP contribution in [0.25, 0.3) is 0 Å². The highest BCUT2D eigenvalue weighted by atomic mass is 16.1. The van der Waals surface area contributed by atoms with Gasteiger partial charge in [-0.05, 0) is 5.56 Å². The summed E-state index contributed by atoms with van der Waals surface area (Å²) in [7, 11) is 0. The maximum atomic E-state index is 10.6. The molecular formula is C9H11N3O. The largest absolute Gasteiger partial charge is 0.370 e. The highest BCUT2D eigenvalue weighted by Crippen LogP contribution is 2.13. The molecule has 0 saturated heterocycles. The monoisotopic (exact) mass is 177 g/mol. The Bertz CT molecular complexity index is 304. The van der Waals surface area contributed by atoms with Crippen LogP contribution in [-0.4, -0.2) is 12.2 Å². The molecule has 0 fully saturated rings. The first kappa shape index (κ1) is 9.25. The predicted molar refractivity (Wildman–Crippen MR) is 51.1 cm³/mol. The van der Waals surface area contributed by atoms with Gasteiger partial charge in [0.15, 0.2) is 5.96 Å². The summed E-state index contributed by atoms with van der Waals surface area (Å²) < 4.78 is 0. The topological polar surface area (TPSA) is 81.5 Å². The lowest BCUT2D eigenvalue weighted by molar-refractivity contribution is -0.108. The Kier molecular flexibility index (Phi) is 3.03. The fourth-order valence-corrected chi connectivity index (χ4v) is 0.994. The molecule has 13 heavy (non-hydrogen) atoms. The highest BCUT2D eigenvalue weighted by molar-refractivity contribution is 5.78. The molecule has 0 aliphatic heterocycles. The number of carbonyl (C=O) groups excluding carboxylic acids is 1. The molecule has 1 aromatic carbocycles. The van der Waals surface area contributed by atoms with Gasteiger partial charge in [0.05, 0.1) is 0 Å². The summed E-state index contributed by atoms with van der Waals surface area (Å²) in [4.78, 5) is 14.4. The van der Waals surface area contributed by atoms with Crippen LogP contribution in [0, 0.1) is 0 Å². The Labute approximate surface area is 76.3 Å². The van der Waals surface area contributed by atoms with E-state index < -0.39 is 6.04 Å². The lowest BCUT2D eigenvalue weighted by Gasteiger charge is -2.04. The van der Waals surface area contributed by atoms with E-state index in [-0.39, 0.29) is 5.96 Å². The van der Waals surface area contributed by atoms with Gasteiger partial charge in [0.2, 0.25) is 0 Å². The molecule has 0 aliphatic rings. The number of nitrogens with two attached hydrogens (primary N) is 2. The molecule has 1 atom stereocenters. The summed E-state index contributed by atoms with van der Waals surface area (Å²) >= 11 is 0. The first-order valence-corrected chi connectivity index (χ1v) is 3.83. The van der Waals surface area contributed by atoms with Crippen LogP contribution in [0.15, 0.2) is 35.3 Å². The van der Waals surface area contributed by atoms with E-state index in [1.807, 2.05) is 18.2 Å². The number of aldehydes is 1. The van der Waals surface area contributed by atoms with Gasteiger partial charge in [-0.25, -0.2) is 4.99 Å². The standard InChI is InChI=1S/C9H11N3O/c10-9(11)12-8(6-13)7-4-2-1-3-5-7/h1-6,8H,(H4,10,11,12). The fourth-order valence-electron chi connectivity index (χ4n) is 0.994. The van der Waals surface area contributed by atoms with Crippen molar-refractivity contribution in [2.45, 2.75) is 6.04 Å². The molecule has 0 saturated carbocycles. The predicted octanol–water partition coefficient (Wildman–Crippen LogP) is 0.200. The summed E-state index contributed by atoms with van der Waals surface area (Å²) in [5.41, 5.74) is 11.1. The Morgan fingerprint density at radius 3 is 2.38 bits per heavy atom. The molecule has 1 aromatic rings. The summed E-state index contributed by atoms with van der Waals surface area (Å²) in [6.45, 7) is 0. The number of rotatable bonds is 3. The molecule has 1 unspecified atom stereocenters. The highest BCUT2D eigenvalue weighted by Gasteiger charge is 2.06. The van der Waals surface area contributed by atoms with E-state index in [1.165, 1.54) is 0 Å². The minimum Gasteiger partial charge on any atom is -0.370 e. The van der Waals surface area contributed by atoms with Crippen LogP contribution in [-0.2, 0) is 4.79 Å². The van der Waals surface area contributed by atoms with Gasteiger partial charge >= 0.3 is 0 Å². The third-order valence-electron chi connectivity index (χ3n) is 1.56. The second-order valence-corrected chi connectivity index (χ2v) is 2.55. The van der Waals surface area contributed by atoms with Gasteiger partial charge < -0.3 is 16.3 Å². The summed E-state index contributed by atoms with van der Waals surface area (Å²) in [5, 5.41) is 0. The lowest BCUT2D eigenvalue weighted by atomic mass is 10.1. The van der Waals surface area contributed by atoms with Gasteiger partial charge in [0.1, 0.15) is 12.3 Å². The molecule has 0 amide bonds.